The summed E-state index contributed by atoms with van der Waals surface area (Å²) in [6.07, 6.45) is 0. The number of ether oxygens (including phenoxy) is 3. The predicted octanol–water partition coefficient (Wildman–Crippen LogP) is 4.65. The summed E-state index contributed by atoms with van der Waals surface area (Å²) in [5.41, 5.74) is 1.10. The van der Waals surface area contributed by atoms with E-state index in [0.717, 1.165) is 4.70 Å². The molecular weight excluding hydrogens is 496 g/mol. The number of methoxy groups -OCH3 is 3. The lowest BCUT2D eigenvalue weighted by Crippen LogP contribution is -2.29. The van der Waals surface area contributed by atoms with Gasteiger partial charge in [0, 0.05) is 0 Å². The van der Waals surface area contributed by atoms with Crippen LogP contribution < -0.4 is 19.1 Å². The molecule has 0 bridgehead atoms. The normalized spacial score (nSPS) is 16.8. The summed E-state index contributed by atoms with van der Waals surface area (Å²) in [6, 6.07) is 15.3. The van der Waals surface area contributed by atoms with Gasteiger partial charge < -0.3 is 24.4 Å². The van der Waals surface area contributed by atoms with Crippen LogP contribution in [0, 0.1) is 0 Å². The van der Waals surface area contributed by atoms with E-state index in [9.17, 15) is 19.8 Å². The number of hydrogen-bond acceptors (Lipinski definition) is 9. The first kappa shape index (κ1) is 24.1. The second-order valence-electron chi connectivity index (χ2n) is 8.13. The van der Waals surface area contributed by atoms with Crippen molar-refractivity contribution in [1.82, 2.24) is 4.98 Å². The number of benzene rings is 3. The third-order valence-corrected chi connectivity index (χ3v) is 7.13. The number of rotatable bonds is 6. The van der Waals surface area contributed by atoms with Crippen LogP contribution in [0.15, 0.2) is 66.2 Å². The van der Waals surface area contributed by atoms with Gasteiger partial charge in [-0.05, 0) is 48.0 Å². The molecule has 1 fully saturated rings. The third kappa shape index (κ3) is 4.01. The molecule has 2 N–H and O–H groups in total. The van der Waals surface area contributed by atoms with Crippen molar-refractivity contribution < 1.29 is 34.0 Å². The second-order valence-corrected chi connectivity index (χ2v) is 9.14. The minimum Gasteiger partial charge on any atom is -0.508 e. The van der Waals surface area contributed by atoms with Gasteiger partial charge in [-0.25, -0.2) is 4.98 Å². The van der Waals surface area contributed by atoms with Crippen LogP contribution >= 0.6 is 11.3 Å². The molecule has 37 heavy (non-hydrogen) atoms. The number of carbonyl (C=O) groups is 2. The number of amides is 1. The average Bonchev–Trinajstić information content (AvgIpc) is 3.45. The maximum absolute atomic E-state index is 13.5. The molecule has 0 radical (unpaired) electrons. The Morgan fingerprint density at radius 3 is 2.24 bits per heavy atom. The Balaban J connectivity index is 1.76. The predicted molar refractivity (Wildman–Crippen MR) is 139 cm³/mol. The summed E-state index contributed by atoms with van der Waals surface area (Å²) in [5, 5.41) is 21.7. The van der Waals surface area contributed by atoms with Crippen LogP contribution in [0.3, 0.4) is 0 Å². The van der Waals surface area contributed by atoms with Gasteiger partial charge in [-0.3, -0.25) is 14.5 Å². The van der Waals surface area contributed by atoms with E-state index in [0.29, 0.717) is 16.8 Å². The molecule has 1 saturated heterocycles. The third-order valence-electron chi connectivity index (χ3n) is 6.11. The van der Waals surface area contributed by atoms with Gasteiger partial charge in [-0.1, -0.05) is 29.5 Å². The Kier molecular flexibility index (Phi) is 6.18. The van der Waals surface area contributed by atoms with E-state index < -0.39 is 23.5 Å². The fourth-order valence-electron chi connectivity index (χ4n) is 4.34. The fraction of sp³-hybridized carbons (Fsp3) is 0.148. The highest BCUT2D eigenvalue weighted by Gasteiger charge is 2.48. The van der Waals surface area contributed by atoms with E-state index in [1.165, 1.54) is 42.6 Å². The van der Waals surface area contributed by atoms with Crippen LogP contribution in [0.4, 0.5) is 5.13 Å². The van der Waals surface area contributed by atoms with Gasteiger partial charge in [-0.15, -0.1) is 0 Å². The number of phenols is 1. The number of aliphatic hydroxyl groups excluding tert-OH is 1. The molecule has 5 rings (SSSR count). The van der Waals surface area contributed by atoms with Gasteiger partial charge in [0.1, 0.15) is 34.3 Å². The maximum Gasteiger partial charge on any atom is 0.301 e. The largest absolute Gasteiger partial charge is 0.508 e. The zero-order valence-corrected chi connectivity index (χ0v) is 20.9. The number of aromatic hydroxyl groups is 1. The summed E-state index contributed by atoms with van der Waals surface area (Å²) in [4.78, 5) is 32.8. The summed E-state index contributed by atoms with van der Waals surface area (Å²) in [6.45, 7) is 0. The van der Waals surface area contributed by atoms with Crippen LogP contribution in [-0.2, 0) is 9.59 Å². The molecule has 0 saturated carbocycles. The van der Waals surface area contributed by atoms with Crippen molar-refractivity contribution in [2.45, 2.75) is 6.04 Å². The number of hydrogen-bond donors (Lipinski definition) is 2. The highest BCUT2D eigenvalue weighted by molar-refractivity contribution is 7.22. The van der Waals surface area contributed by atoms with Gasteiger partial charge in [0.15, 0.2) is 5.13 Å². The second kappa shape index (κ2) is 9.47. The lowest BCUT2D eigenvalue weighted by atomic mass is 9.94. The van der Waals surface area contributed by atoms with Crippen molar-refractivity contribution in [3.63, 3.8) is 0 Å². The molecular formula is C27H22N2O7S. The number of nitrogens with zero attached hydrogens (tertiary/aromatic N) is 2. The molecule has 1 unspecified atom stereocenters. The Morgan fingerprint density at radius 2 is 1.62 bits per heavy atom. The van der Waals surface area contributed by atoms with Crippen molar-refractivity contribution in [3.8, 4) is 23.0 Å². The van der Waals surface area contributed by atoms with Gasteiger partial charge in [0.2, 0.25) is 0 Å². The van der Waals surface area contributed by atoms with Crippen molar-refractivity contribution in [3.05, 3.63) is 77.4 Å². The number of ketones is 1. The van der Waals surface area contributed by atoms with Crippen molar-refractivity contribution in [2.75, 3.05) is 26.2 Å². The van der Waals surface area contributed by atoms with Gasteiger partial charge in [0.25, 0.3) is 5.78 Å². The highest BCUT2D eigenvalue weighted by atomic mass is 32.1. The monoisotopic (exact) mass is 518 g/mol. The number of anilines is 1. The quantitative estimate of drug-likeness (QED) is 0.215. The van der Waals surface area contributed by atoms with E-state index in [1.807, 2.05) is 0 Å². The van der Waals surface area contributed by atoms with E-state index in [2.05, 4.69) is 4.98 Å². The van der Waals surface area contributed by atoms with Crippen molar-refractivity contribution in [1.29, 1.82) is 0 Å². The standard InChI is InChI=1S/C27H22N2O7S/c1-34-16-11-12-17-20(13-16)37-27(28-17)29-23(14-7-9-15(30)10-8-14)22(25(32)26(29)33)24(31)21-18(35-2)5-4-6-19(21)36-3/h4-13,23,30-31H,1-3H3/b24-22+. The summed E-state index contributed by atoms with van der Waals surface area (Å²) in [5.74, 6) is -1.02. The average molecular weight is 519 g/mol. The molecule has 10 heteroatoms. The molecule has 1 aliphatic heterocycles. The van der Waals surface area contributed by atoms with Crippen molar-refractivity contribution >= 4 is 44.1 Å². The lowest BCUT2D eigenvalue weighted by Gasteiger charge is -2.23. The van der Waals surface area contributed by atoms with Crippen molar-refractivity contribution in [2.24, 2.45) is 0 Å². The number of aromatic nitrogens is 1. The molecule has 0 spiro atoms. The molecule has 2 heterocycles. The van der Waals surface area contributed by atoms with Crippen LogP contribution in [0.25, 0.3) is 16.0 Å². The molecule has 3 aromatic carbocycles. The smallest absolute Gasteiger partial charge is 0.301 e. The van der Waals surface area contributed by atoms with Crippen LogP contribution in [0.1, 0.15) is 17.2 Å². The van der Waals surface area contributed by atoms with E-state index in [-0.39, 0.29) is 33.5 Å². The topological polar surface area (TPSA) is 118 Å². The summed E-state index contributed by atoms with van der Waals surface area (Å²) in [7, 11) is 4.41. The minimum absolute atomic E-state index is 0.0131. The summed E-state index contributed by atoms with van der Waals surface area (Å²) >= 11 is 1.22. The Morgan fingerprint density at radius 1 is 0.946 bits per heavy atom. The van der Waals surface area contributed by atoms with E-state index in [4.69, 9.17) is 14.2 Å². The fourth-order valence-corrected chi connectivity index (χ4v) is 5.36. The molecule has 1 aromatic heterocycles. The number of aliphatic hydroxyl groups is 1. The maximum atomic E-state index is 13.5. The first-order valence-electron chi connectivity index (χ1n) is 11.1. The molecule has 1 aliphatic rings. The number of Topliss-reactive ketones (excluding diaryl/α,β-unsaturated/α-hetero) is 1. The van der Waals surface area contributed by atoms with Gasteiger partial charge in [-0.2, -0.15) is 0 Å². The number of thiazole rings is 1. The van der Waals surface area contributed by atoms with E-state index in [1.54, 1.807) is 55.6 Å². The molecule has 4 aromatic rings. The first-order chi connectivity index (χ1) is 17.9. The Labute approximate surface area is 215 Å². The lowest BCUT2D eigenvalue weighted by molar-refractivity contribution is -0.132. The Bertz CT molecular complexity index is 1540. The number of fused-ring (bicyclic) bond motifs is 1. The van der Waals surface area contributed by atoms with Crippen LogP contribution in [0.5, 0.6) is 23.0 Å². The molecule has 0 aliphatic carbocycles. The van der Waals surface area contributed by atoms with Crippen LogP contribution in [-0.4, -0.2) is 48.2 Å². The zero-order chi connectivity index (χ0) is 26.3. The SMILES string of the molecule is COc1ccc2nc(N3C(=O)C(=O)/C(=C(/O)c4c(OC)cccc4OC)C3c3ccc(O)cc3)sc2c1. The highest BCUT2D eigenvalue weighted by Crippen LogP contribution is 2.46. The molecule has 1 atom stereocenters. The molecule has 188 valence electrons. The molecule has 9 nitrogen and oxygen atoms in total. The Hall–Kier alpha value is -4.57. The summed E-state index contributed by atoms with van der Waals surface area (Å²) < 4.78 is 16.9. The van der Waals surface area contributed by atoms with Gasteiger partial charge >= 0.3 is 5.91 Å². The van der Waals surface area contributed by atoms with Crippen LogP contribution in [0.2, 0.25) is 0 Å². The first-order valence-corrected chi connectivity index (χ1v) is 12.0. The minimum atomic E-state index is -1.03. The molecule has 1 amide bonds. The van der Waals surface area contributed by atoms with E-state index >= 15 is 0 Å². The van der Waals surface area contributed by atoms with Gasteiger partial charge in [0.05, 0.1) is 43.2 Å². The number of carbonyl (C=O) groups excluding carboxylic acids is 2. The zero-order valence-electron chi connectivity index (χ0n) is 20.1. The number of phenolic OH excluding ortho intramolecular Hbond substituents is 1.